The van der Waals surface area contributed by atoms with Gasteiger partial charge in [0.15, 0.2) is 0 Å². The van der Waals surface area contributed by atoms with E-state index in [4.69, 9.17) is 5.73 Å². The van der Waals surface area contributed by atoms with Crippen LogP contribution in [0.3, 0.4) is 0 Å². The maximum Gasteiger partial charge on any atom is 0.0722 e. The molecule has 4 heteroatoms. The molecule has 1 saturated carbocycles. The van der Waals surface area contributed by atoms with Gasteiger partial charge < -0.3 is 5.73 Å². The van der Waals surface area contributed by atoms with Gasteiger partial charge in [-0.2, -0.15) is 5.10 Å². The van der Waals surface area contributed by atoms with Crippen molar-refractivity contribution in [2.24, 2.45) is 12.8 Å². The van der Waals surface area contributed by atoms with Crippen LogP contribution >= 0.6 is 0 Å². The maximum atomic E-state index is 6.00. The number of rotatable bonds is 3. The maximum absolute atomic E-state index is 6.00. The van der Waals surface area contributed by atoms with Gasteiger partial charge in [-0.05, 0) is 32.7 Å². The SMILES string of the molecule is CN(Cc1cn(C)nc1C(C)(C)C)C1CCC(N)CC1. The lowest BCUT2D eigenvalue weighted by Gasteiger charge is -2.33. The van der Waals surface area contributed by atoms with Crippen molar-refractivity contribution in [3.63, 3.8) is 0 Å². The molecule has 0 aromatic carbocycles. The average Bonchev–Trinajstić information content (AvgIpc) is 2.71. The zero-order valence-corrected chi connectivity index (χ0v) is 13.7. The highest BCUT2D eigenvalue weighted by atomic mass is 15.3. The molecular weight excluding hydrogens is 248 g/mol. The fraction of sp³-hybridized carbons (Fsp3) is 0.812. The van der Waals surface area contributed by atoms with Gasteiger partial charge in [0.05, 0.1) is 5.69 Å². The second kappa shape index (κ2) is 5.86. The van der Waals surface area contributed by atoms with E-state index in [1.165, 1.54) is 24.1 Å². The largest absolute Gasteiger partial charge is 0.328 e. The number of aryl methyl sites for hydroxylation is 1. The summed E-state index contributed by atoms with van der Waals surface area (Å²) in [6.45, 7) is 7.69. The Morgan fingerprint density at radius 3 is 2.45 bits per heavy atom. The van der Waals surface area contributed by atoms with Gasteiger partial charge in [0.2, 0.25) is 0 Å². The monoisotopic (exact) mass is 278 g/mol. The second-order valence-corrected chi connectivity index (χ2v) is 7.41. The van der Waals surface area contributed by atoms with Gasteiger partial charge in [0.25, 0.3) is 0 Å². The van der Waals surface area contributed by atoms with Crippen LogP contribution in [0, 0.1) is 0 Å². The van der Waals surface area contributed by atoms with Crippen molar-refractivity contribution >= 4 is 0 Å². The number of hydrogen-bond donors (Lipinski definition) is 1. The normalized spacial score (nSPS) is 24.4. The molecule has 20 heavy (non-hydrogen) atoms. The lowest BCUT2D eigenvalue weighted by molar-refractivity contribution is 0.175. The summed E-state index contributed by atoms with van der Waals surface area (Å²) in [4.78, 5) is 2.48. The first-order valence-corrected chi connectivity index (χ1v) is 7.76. The number of hydrogen-bond acceptors (Lipinski definition) is 3. The van der Waals surface area contributed by atoms with Crippen LogP contribution in [0.2, 0.25) is 0 Å². The van der Waals surface area contributed by atoms with E-state index in [1.54, 1.807) is 0 Å². The minimum absolute atomic E-state index is 0.104. The second-order valence-electron chi connectivity index (χ2n) is 7.41. The van der Waals surface area contributed by atoms with Crippen molar-refractivity contribution in [2.75, 3.05) is 7.05 Å². The van der Waals surface area contributed by atoms with Crippen LogP contribution in [0.25, 0.3) is 0 Å². The lowest BCUT2D eigenvalue weighted by Crippen LogP contribution is -2.38. The van der Waals surface area contributed by atoms with Crippen LogP contribution < -0.4 is 5.73 Å². The van der Waals surface area contributed by atoms with Gasteiger partial charge in [-0.15, -0.1) is 0 Å². The molecule has 0 amide bonds. The summed E-state index contributed by atoms with van der Waals surface area (Å²) < 4.78 is 1.94. The molecule has 0 saturated heterocycles. The molecule has 1 aromatic rings. The Hall–Kier alpha value is -0.870. The molecule has 4 nitrogen and oxygen atoms in total. The summed E-state index contributed by atoms with van der Waals surface area (Å²) in [7, 11) is 4.25. The van der Waals surface area contributed by atoms with Gasteiger partial charge in [0.1, 0.15) is 0 Å². The van der Waals surface area contributed by atoms with Gasteiger partial charge >= 0.3 is 0 Å². The average molecular weight is 278 g/mol. The zero-order valence-electron chi connectivity index (χ0n) is 13.7. The van der Waals surface area contributed by atoms with E-state index >= 15 is 0 Å². The van der Waals surface area contributed by atoms with Gasteiger partial charge in [-0.3, -0.25) is 9.58 Å². The first-order chi connectivity index (χ1) is 9.27. The molecule has 0 atom stereocenters. The predicted molar refractivity (Wildman–Crippen MR) is 83.6 cm³/mol. The topological polar surface area (TPSA) is 47.1 Å². The van der Waals surface area contributed by atoms with Crippen molar-refractivity contribution in [1.82, 2.24) is 14.7 Å². The summed E-state index contributed by atoms with van der Waals surface area (Å²) in [6.07, 6.45) is 6.94. The van der Waals surface area contributed by atoms with Gasteiger partial charge in [-0.1, -0.05) is 20.8 Å². The van der Waals surface area contributed by atoms with Crippen molar-refractivity contribution in [2.45, 2.75) is 70.5 Å². The minimum atomic E-state index is 0.104. The summed E-state index contributed by atoms with van der Waals surface area (Å²) in [5.41, 5.74) is 8.69. The van der Waals surface area contributed by atoms with Gasteiger partial charge in [0, 0.05) is 42.9 Å². The number of nitrogens with zero attached hydrogens (tertiary/aromatic N) is 3. The van der Waals surface area contributed by atoms with Crippen LogP contribution in [0.15, 0.2) is 6.20 Å². The molecule has 1 aliphatic carbocycles. The molecule has 0 spiro atoms. The standard InChI is InChI=1S/C16H30N4/c1-16(2,3)15-12(11-20(5)18-15)10-19(4)14-8-6-13(17)7-9-14/h11,13-14H,6-10,17H2,1-5H3. The Labute approximate surface area is 123 Å². The highest BCUT2D eigenvalue weighted by molar-refractivity contribution is 5.24. The smallest absolute Gasteiger partial charge is 0.0722 e. The molecule has 1 aromatic heterocycles. The third-order valence-electron chi connectivity index (χ3n) is 4.40. The van der Waals surface area contributed by atoms with E-state index in [-0.39, 0.29) is 5.41 Å². The van der Waals surface area contributed by atoms with Crippen LogP contribution in [0.5, 0.6) is 0 Å². The Morgan fingerprint density at radius 1 is 1.30 bits per heavy atom. The molecule has 0 unspecified atom stereocenters. The van der Waals surface area contributed by atoms with Crippen molar-refractivity contribution < 1.29 is 0 Å². The highest BCUT2D eigenvalue weighted by Gasteiger charge is 2.26. The number of nitrogens with two attached hydrogens (primary N) is 1. The Morgan fingerprint density at radius 2 is 1.90 bits per heavy atom. The molecule has 2 N–H and O–H groups in total. The van der Waals surface area contributed by atoms with Crippen LogP contribution in [-0.2, 0) is 19.0 Å². The predicted octanol–water partition coefficient (Wildman–Crippen LogP) is 2.42. The van der Waals surface area contributed by atoms with Crippen LogP contribution in [-0.4, -0.2) is 33.8 Å². The molecule has 0 aliphatic heterocycles. The van der Waals surface area contributed by atoms with E-state index < -0.39 is 0 Å². The molecule has 0 bridgehead atoms. The summed E-state index contributed by atoms with van der Waals surface area (Å²) >= 11 is 0. The molecule has 1 fully saturated rings. The Balaban J connectivity index is 2.06. The lowest BCUT2D eigenvalue weighted by atomic mass is 9.88. The quantitative estimate of drug-likeness (QED) is 0.923. The fourth-order valence-electron chi connectivity index (χ4n) is 3.23. The molecule has 2 rings (SSSR count). The minimum Gasteiger partial charge on any atom is -0.328 e. The zero-order chi connectivity index (χ0) is 14.9. The first-order valence-electron chi connectivity index (χ1n) is 7.76. The summed E-state index contributed by atoms with van der Waals surface area (Å²) in [6, 6.07) is 1.09. The van der Waals surface area contributed by atoms with Gasteiger partial charge in [-0.25, -0.2) is 0 Å². The molecule has 0 radical (unpaired) electrons. The third-order valence-corrected chi connectivity index (χ3v) is 4.40. The van der Waals surface area contributed by atoms with E-state index in [9.17, 15) is 0 Å². The molecular formula is C16H30N4. The Bertz CT molecular complexity index is 436. The van der Waals surface area contributed by atoms with E-state index in [2.05, 4.69) is 44.0 Å². The third kappa shape index (κ3) is 3.61. The van der Waals surface area contributed by atoms with Crippen molar-refractivity contribution in [3.8, 4) is 0 Å². The van der Waals surface area contributed by atoms with Crippen molar-refractivity contribution in [3.05, 3.63) is 17.5 Å². The number of aromatic nitrogens is 2. The molecule has 1 aliphatic rings. The fourth-order valence-corrected chi connectivity index (χ4v) is 3.23. The van der Waals surface area contributed by atoms with E-state index in [0.717, 1.165) is 19.4 Å². The molecule has 1 heterocycles. The Kier molecular flexibility index (Phi) is 4.55. The summed E-state index contributed by atoms with van der Waals surface area (Å²) in [5.74, 6) is 0. The highest BCUT2D eigenvalue weighted by Crippen LogP contribution is 2.27. The first kappa shape index (κ1) is 15.5. The van der Waals surface area contributed by atoms with E-state index in [1.807, 2.05) is 11.7 Å². The van der Waals surface area contributed by atoms with Crippen LogP contribution in [0.1, 0.15) is 57.7 Å². The van der Waals surface area contributed by atoms with Crippen LogP contribution in [0.4, 0.5) is 0 Å². The molecule has 114 valence electrons. The van der Waals surface area contributed by atoms with Crippen molar-refractivity contribution in [1.29, 1.82) is 0 Å². The summed E-state index contributed by atoms with van der Waals surface area (Å²) in [5, 5.41) is 4.66. The van der Waals surface area contributed by atoms with E-state index in [0.29, 0.717) is 12.1 Å².